The van der Waals surface area contributed by atoms with Crippen LogP contribution in [0.15, 0.2) is 12.1 Å². The summed E-state index contributed by atoms with van der Waals surface area (Å²) in [4.78, 5) is 15.7. The van der Waals surface area contributed by atoms with E-state index in [1.165, 1.54) is 0 Å². The summed E-state index contributed by atoms with van der Waals surface area (Å²) >= 11 is 0. The van der Waals surface area contributed by atoms with E-state index in [9.17, 15) is 4.79 Å². The van der Waals surface area contributed by atoms with Crippen LogP contribution in [0, 0.1) is 6.92 Å². The lowest BCUT2D eigenvalue weighted by molar-refractivity contribution is -0.122. The number of nitrogens with one attached hydrogen (secondary N) is 2. The van der Waals surface area contributed by atoms with Crippen LogP contribution < -0.4 is 15.4 Å². The molecule has 2 N–H and O–H groups in total. The van der Waals surface area contributed by atoms with Gasteiger partial charge in [0.1, 0.15) is 5.75 Å². The van der Waals surface area contributed by atoms with Gasteiger partial charge in [0.15, 0.2) is 6.61 Å². The Morgan fingerprint density at radius 1 is 1.37 bits per heavy atom. The fourth-order valence-corrected chi connectivity index (χ4v) is 1.42. The number of aryl methyl sites for hydroxylation is 1. The Hall–Kier alpha value is -1.62. The second-order valence-corrected chi connectivity index (χ2v) is 5.46. The summed E-state index contributed by atoms with van der Waals surface area (Å²) in [5, 5.41) is 5.89. The highest BCUT2D eigenvalue weighted by atomic mass is 16.5. The van der Waals surface area contributed by atoms with Crippen molar-refractivity contribution in [3.63, 3.8) is 0 Å². The van der Waals surface area contributed by atoms with Crippen molar-refractivity contribution in [2.45, 2.75) is 39.8 Å². The molecule has 5 heteroatoms. The van der Waals surface area contributed by atoms with E-state index in [1.807, 2.05) is 19.1 Å². The van der Waals surface area contributed by atoms with E-state index >= 15 is 0 Å². The van der Waals surface area contributed by atoms with E-state index in [4.69, 9.17) is 4.74 Å². The Balaban J connectivity index is 2.76. The van der Waals surface area contributed by atoms with E-state index in [2.05, 4.69) is 36.4 Å². The van der Waals surface area contributed by atoms with Gasteiger partial charge < -0.3 is 15.4 Å². The van der Waals surface area contributed by atoms with Gasteiger partial charge in [0, 0.05) is 24.8 Å². The Labute approximate surface area is 114 Å². The zero-order chi connectivity index (χ0) is 14.5. The number of ether oxygens (including phenoxy) is 1. The molecule has 0 aliphatic rings. The molecule has 0 unspecified atom stereocenters. The highest BCUT2D eigenvalue weighted by Crippen LogP contribution is 2.17. The molecule has 1 amide bonds. The van der Waals surface area contributed by atoms with Crippen molar-refractivity contribution in [1.82, 2.24) is 15.6 Å². The molecular formula is C14H23N3O2. The van der Waals surface area contributed by atoms with E-state index in [0.29, 0.717) is 12.3 Å². The number of hydrogen-bond acceptors (Lipinski definition) is 4. The molecule has 0 fully saturated rings. The first-order valence-electron chi connectivity index (χ1n) is 6.37. The van der Waals surface area contributed by atoms with Gasteiger partial charge in [-0.25, -0.2) is 0 Å². The number of carbonyl (C=O) groups is 1. The molecule has 0 aliphatic carbocycles. The van der Waals surface area contributed by atoms with Gasteiger partial charge in [-0.2, -0.15) is 0 Å². The van der Waals surface area contributed by atoms with Crippen molar-refractivity contribution >= 4 is 5.91 Å². The van der Waals surface area contributed by atoms with E-state index in [-0.39, 0.29) is 18.1 Å². The van der Waals surface area contributed by atoms with E-state index < -0.39 is 0 Å². The molecule has 0 radical (unpaired) electrons. The van der Waals surface area contributed by atoms with Gasteiger partial charge >= 0.3 is 0 Å². The van der Waals surface area contributed by atoms with E-state index in [1.54, 1.807) is 7.05 Å². The maximum Gasteiger partial charge on any atom is 0.257 e. The van der Waals surface area contributed by atoms with Crippen LogP contribution in [0.4, 0.5) is 0 Å². The third-order valence-corrected chi connectivity index (χ3v) is 2.50. The lowest BCUT2D eigenvalue weighted by Crippen LogP contribution is -2.35. The number of amides is 1. The molecule has 106 valence electrons. The zero-order valence-electron chi connectivity index (χ0n) is 12.3. The number of hydrogen-bond donors (Lipinski definition) is 2. The molecular weight excluding hydrogens is 242 g/mol. The topological polar surface area (TPSA) is 63.2 Å². The maximum absolute atomic E-state index is 11.2. The number of rotatable bonds is 5. The maximum atomic E-state index is 11.2. The van der Waals surface area contributed by atoms with Crippen molar-refractivity contribution < 1.29 is 9.53 Å². The van der Waals surface area contributed by atoms with Crippen molar-refractivity contribution in [2.75, 3.05) is 13.7 Å². The van der Waals surface area contributed by atoms with Crippen LogP contribution >= 0.6 is 0 Å². The van der Waals surface area contributed by atoms with Crippen LogP contribution in [0.25, 0.3) is 0 Å². The van der Waals surface area contributed by atoms with Gasteiger partial charge in [0.05, 0.1) is 5.69 Å². The molecule has 0 bridgehead atoms. The number of carbonyl (C=O) groups excluding carboxylic acids is 1. The number of nitrogens with zero attached hydrogens (tertiary/aromatic N) is 1. The first kappa shape index (κ1) is 15.4. The standard InChI is InChI=1S/C14H23N3O2/c1-10-6-7-12(19-9-13(18)15-5)11(17-10)8-16-14(2,3)4/h6-7,16H,8-9H2,1-5H3,(H,15,18). The van der Waals surface area contributed by atoms with Crippen LogP contribution in [0.2, 0.25) is 0 Å². The number of likely N-dealkylation sites (N-methyl/N-ethyl adjacent to an activating group) is 1. The molecule has 5 nitrogen and oxygen atoms in total. The lowest BCUT2D eigenvalue weighted by Gasteiger charge is -2.21. The smallest absolute Gasteiger partial charge is 0.257 e. The quantitative estimate of drug-likeness (QED) is 0.845. The first-order chi connectivity index (χ1) is 8.81. The minimum atomic E-state index is -0.157. The fraction of sp³-hybridized carbons (Fsp3) is 0.571. The second kappa shape index (κ2) is 6.52. The summed E-state index contributed by atoms with van der Waals surface area (Å²) in [5.74, 6) is 0.487. The van der Waals surface area contributed by atoms with Gasteiger partial charge in [0.2, 0.25) is 0 Å². The van der Waals surface area contributed by atoms with Crippen molar-refractivity contribution in [3.8, 4) is 5.75 Å². The molecule has 0 aliphatic heterocycles. The zero-order valence-corrected chi connectivity index (χ0v) is 12.3. The Kier molecular flexibility index (Phi) is 5.30. The van der Waals surface area contributed by atoms with Gasteiger partial charge in [-0.3, -0.25) is 9.78 Å². The summed E-state index contributed by atoms with van der Waals surface area (Å²) in [5.41, 5.74) is 1.75. The summed E-state index contributed by atoms with van der Waals surface area (Å²) in [6.45, 7) is 8.82. The second-order valence-electron chi connectivity index (χ2n) is 5.46. The Morgan fingerprint density at radius 2 is 2.05 bits per heavy atom. The van der Waals surface area contributed by atoms with E-state index in [0.717, 1.165) is 11.4 Å². The highest BCUT2D eigenvalue weighted by Gasteiger charge is 2.13. The molecule has 0 saturated heterocycles. The van der Waals surface area contributed by atoms with Gasteiger partial charge in [0.25, 0.3) is 5.91 Å². The molecule has 1 heterocycles. The lowest BCUT2D eigenvalue weighted by atomic mass is 10.1. The van der Waals surface area contributed by atoms with Crippen LogP contribution in [0.1, 0.15) is 32.2 Å². The summed E-state index contributed by atoms with van der Waals surface area (Å²) < 4.78 is 5.50. The van der Waals surface area contributed by atoms with Crippen LogP contribution in [-0.4, -0.2) is 30.1 Å². The van der Waals surface area contributed by atoms with Crippen molar-refractivity contribution in [3.05, 3.63) is 23.5 Å². The SMILES string of the molecule is CNC(=O)COc1ccc(C)nc1CNC(C)(C)C. The molecule has 1 aromatic rings. The molecule has 0 saturated carbocycles. The molecule has 0 atom stereocenters. The molecule has 1 rings (SSSR count). The predicted molar refractivity (Wildman–Crippen MR) is 75.1 cm³/mol. The van der Waals surface area contributed by atoms with Crippen molar-refractivity contribution in [2.24, 2.45) is 0 Å². The molecule has 1 aromatic heterocycles. The third kappa shape index (κ3) is 5.70. The molecule has 0 aromatic carbocycles. The van der Waals surface area contributed by atoms with Gasteiger partial charge in [-0.05, 0) is 39.8 Å². The first-order valence-corrected chi connectivity index (χ1v) is 6.37. The molecule has 0 spiro atoms. The van der Waals surface area contributed by atoms with Crippen LogP contribution in [0.5, 0.6) is 5.75 Å². The van der Waals surface area contributed by atoms with Gasteiger partial charge in [-0.1, -0.05) is 0 Å². The fourth-order valence-electron chi connectivity index (χ4n) is 1.42. The summed E-state index contributed by atoms with van der Waals surface area (Å²) in [6, 6.07) is 3.73. The largest absolute Gasteiger partial charge is 0.482 e. The Bertz CT molecular complexity index is 439. The predicted octanol–water partition coefficient (Wildman–Crippen LogP) is 1.40. The summed E-state index contributed by atoms with van der Waals surface area (Å²) in [6.07, 6.45) is 0. The molecule has 19 heavy (non-hydrogen) atoms. The average molecular weight is 265 g/mol. The monoisotopic (exact) mass is 265 g/mol. The van der Waals surface area contributed by atoms with Crippen LogP contribution in [0.3, 0.4) is 0 Å². The minimum Gasteiger partial charge on any atom is -0.482 e. The number of pyridine rings is 1. The van der Waals surface area contributed by atoms with Gasteiger partial charge in [-0.15, -0.1) is 0 Å². The van der Waals surface area contributed by atoms with Crippen molar-refractivity contribution in [1.29, 1.82) is 0 Å². The number of aromatic nitrogens is 1. The highest BCUT2D eigenvalue weighted by molar-refractivity contribution is 5.77. The normalized spacial score (nSPS) is 11.2. The van der Waals surface area contributed by atoms with Crippen LogP contribution in [-0.2, 0) is 11.3 Å². The summed E-state index contributed by atoms with van der Waals surface area (Å²) in [7, 11) is 1.58. The average Bonchev–Trinajstić information content (AvgIpc) is 2.33. The Morgan fingerprint density at radius 3 is 2.63 bits per heavy atom. The third-order valence-electron chi connectivity index (χ3n) is 2.50. The minimum absolute atomic E-state index is 0.00346.